The molecule has 3 aliphatic rings. The van der Waals surface area contributed by atoms with Crippen LogP contribution in [-0.4, -0.2) is 0 Å². The molecule has 0 aromatic heterocycles. The van der Waals surface area contributed by atoms with E-state index < -0.39 is 0 Å². The van der Waals surface area contributed by atoms with Gasteiger partial charge in [-0.3, -0.25) is 0 Å². The minimum atomic E-state index is 1.11. The summed E-state index contributed by atoms with van der Waals surface area (Å²) >= 11 is 0. The average molecular weight is 457 g/mol. The Balaban J connectivity index is -0.000000285. The smallest absolute Gasteiger partial charge is 0.0411 e. The summed E-state index contributed by atoms with van der Waals surface area (Å²) in [6.45, 7) is 24.0. The van der Waals surface area contributed by atoms with Gasteiger partial charge in [-0.15, -0.1) is 0 Å². The van der Waals surface area contributed by atoms with E-state index in [1.807, 2.05) is 83.1 Å². The summed E-state index contributed by atoms with van der Waals surface area (Å²) in [5.41, 5.74) is 0. The van der Waals surface area contributed by atoms with E-state index in [0.717, 1.165) is 23.7 Å². The molecule has 3 saturated carbocycles. The van der Waals surface area contributed by atoms with Gasteiger partial charge in [-0.1, -0.05) is 173 Å². The van der Waals surface area contributed by atoms with Crippen LogP contribution < -0.4 is 0 Å². The van der Waals surface area contributed by atoms with Crippen molar-refractivity contribution < 1.29 is 0 Å². The van der Waals surface area contributed by atoms with Gasteiger partial charge in [-0.25, -0.2) is 0 Å². The zero-order valence-electron chi connectivity index (χ0n) is 25.6. The van der Waals surface area contributed by atoms with Crippen LogP contribution in [0, 0.1) is 23.7 Å². The maximum Gasteiger partial charge on any atom is -0.0411 e. The van der Waals surface area contributed by atoms with Gasteiger partial charge in [0, 0.05) is 0 Å². The largest absolute Gasteiger partial charge is 0.0683 e. The summed E-state index contributed by atoms with van der Waals surface area (Å²) in [4.78, 5) is 0. The highest BCUT2D eigenvalue weighted by Crippen LogP contribution is 2.40. The van der Waals surface area contributed by atoms with Crippen LogP contribution in [-0.2, 0) is 0 Å². The minimum absolute atomic E-state index is 1.11. The Bertz CT molecular complexity index is 221. The molecule has 0 heteroatoms. The summed E-state index contributed by atoms with van der Waals surface area (Å²) in [5, 5.41) is 0. The van der Waals surface area contributed by atoms with Crippen LogP contribution in [0.4, 0.5) is 0 Å². The van der Waals surface area contributed by atoms with Crippen LogP contribution in [0.2, 0.25) is 0 Å². The summed E-state index contributed by atoms with van der Waals surface area (Å²) in [7, 11) is 0. The first-order valence-corrected chi connectivity index (χ1v) is 15.9. The summed E-state index contributed by atoms with van der Waals surface area (Å²) < 4.78 is 0. The van der Waals surface area contributed by atoms with E-state index in [4.69, 9.17) is 0 Å². The van der Waals surface area contributed by atoms with Crippen molar-refractivity contribution in [3.8, 4) is 0 Å². The molecular weight excluding hydrogens is 384 g/mol. The van der Waals surface area contributed by atoms with Crippen molar-refractivity contribution in [2.45, 2.75) is 186 Å². The molecule has 0 saturated heterocycles. The predicted molar refractivity (Wildman–Crippen MR) is 156 cm³/mol. The summed E-state index contributed by atoms with van der Waals surface area (Å²) in [5.74, 6) is 4.45. The van der Waals surface area contributed by atoms with E-state index in [2.05, 4.69) is 0 Å². The molecule has 0 radical (unpaired) electrons. The molecule has 0 unspecified atom stereocenters. The van der Waals surface area contributed by atoms with Gasteiger partial charge in [0.1, 0.15) is 0 Å². The van der Waals surface area contributed by atoms with Crippen molar-refractivity contribution in [2.24, 2.45) is 23.7 Å². The van der Waals surface area contributed by atoms with Crippen LogP contribution >= 0.6 is 0 Å². The van der Waals surface area contributed by atoms with E-state index in [9.17, 15) is 0 Å². The Morgan fingerprint density at radius 2 is 0.469 bits per heavy atom. The quantitative estimate of drug-likeness (QED) is 0.394. The van der Waals surface area contributed by atoms with Crippen LogP contribution in [0.3, 0.4) is 0 Å². The van der Waals surface area contributed by atoms with Gasteiger partial charge < -0.3 is 0 Å². The topological polar surface area (TPSA) is 0 Å². The summed E-state index contributed by atoms with van der Waals surface area (Å²) in [6.07, 6.45) is 24.9. The van der Waals surface area contributed by atoms with Crippen molar-refractivity contribution in [3.63, 3.8) is 0 Å². The lowest BCUT2D eigenvalue weighted by atomic mass is 9.72. The lowest BCUT2D eigenvalue weighted by Gasteiger charge is -2.34. The molecule has 0 aromatic carbocycles. The fraction of sp³-hybridized carbons (Fsp3) is 1.00. The molecule has 0 atom stereocenters. The first-order chi connectivity index (χ1) is 15.9. The maximum atomic E-state index is 2.00. The lowest BCUT2D eigenvalue weighted by molar-refractivity contribution is 0.182. The molecule has 0 heterocycles. The highest BCUT2D eigenvalue weighted by Gasteiger charge is 2.26. The van der Waals surface area contributed by atoms with E-state index in [0.29, 0.717) is 0 Å². The van der Waals surface area contributed by atoms with Gasteiger partial charge in [0.15, 0.2) is 0 Å². The van der Waals surface area contributed by atoms with Gasteiger partial charge in [0.25, 0.3) is 0 Å². The van der Waals surface area contributed by atoms with Crippen LogP contribution in [0.15, 0.2) is 0 Å². The fourth-order valence-corrected chi connectivity index (χ4v) is 5.49. The van der Waals surface area contributed by atoms with Gasteiger partial charge in [0.2, 0.25) is 0 Å². The van der Waals surface area contributed by atoms with Gasteiger partial charge in [-0.05, 0) is 36.5 Å². The van der Waals surface area contributed by atoms with Crippen molar-refractivity contribution in [1.29, 1.82) is 0 Å². The normalized spacial score (nSPS) is 22.5. The molecule has 200 valence electrons. The molecule has 32 heavy (non-hydrogen) atoms. The highest BCUT2D eigenvalue weighted by molar-refractivity contribution is 4.79. The maximum absolute atomic E-state index is 2.00. The SMILES string of the molecule is C1CCC(CC2CCC(CC3CCCCC3)CC2)CC1.CC.CC.CC.CC.CC.CC. The second-order valence-corrected chi connectivity index (χ2v) is 8.37. The zero-order valence-corrected chi connectivity index (χ0v) is 25.6. The first kappa shape index (κ1) is 39.2. The molecule has 0 aliphatic heterocycles. The van der Waals surface area contributed by atoms with Crippen LogP contribution in [0.1, 0.15) is 186 Å². The molecule has 3 aliphatic carbocycles. The van der Waals surface area contributed by atoms with Crippen molar-refractivity contribution in [2.75, 3.05) is 0 Å². The van der Waals surface area contributed by atoms with E-state index >= 15 is 0 Å². The van der Waals surface area contributed by atoms with Crippen molar-refractivity contribution in [1.82, 2.24) is 0 Å². The van der Waals surface area contributed by atoms with Crippen LogP contribution in [0.5, 0.6) is 0 Å². The lowest BCUT2D eigenvalue weighted by Crippen LogP contribution is -2.21. The number of hydrogen-bond donors (Lipinski definition) is 0. The van der Waals surface area contributed by atoms with Gasteiger partial charge >= 0.3 is 0 Å². The van der Waals surface area contributed by atoms with E-state index in [1.54, 1.807) is 64.2 Å². The number of hydrogen-bond acceptors (Lipinski definition) is 0. The number of rotatable bonds is 4. The second-order valence-electron chi connectivity index (χ2n) is 8.37. The Morgan fingerprint density at radius 1 is 0.281 bits per heavy atom. The molecule has 0 aromatic rings. The second kappa shape index (κ2) is 35.6. The minimum Gasteiger partial charge on any atom is -0.0683 e. The molecule has 0 spiro atoms. The average Bonchev–Trinajstić information content (AvgIpc) is 2.93. The molecule has 3 fully saturated rings. The van der Waals surface area contributed by atoms with Crippen molar-refractivity contribution >= 4 is 0 Å². The molecule has 0 N–H and O–H groups in total. The molecule has 0 nitrogen and oxygen atoms in total. The Hall–Kier alpha value is 0. The van der Waals surface area contributed by atoms with Gasteiger partial charge in [0.05, 0.1) is 0 Å². The van der Waals surface area contributed by atoms with Crippen molar-refractivity contribution in [3.05, 3.63) is 0 Å². The van der Waals surface area contributed by atoms with E-state index in [1.165, 1.54) is 38.5 Å². The van der Waals surface area contributed by atoms with E-state index in [-0.39, 0.29) is 0 Å². The monoisotopic (exact) mass is 457 g/mol. The third kappa shape index (κ3) is 21.8. The molecular formula is C32H72. The standard InChI is InChI=1S/C20H36.6C2H6/c1-3-7-17(8-4-1)15-19-11-13-20(14-12-19)16-18-9-5-2-6-10-18;6*1-2/h17-20H,1-16H2;6*1-2H3. The molecule has 0 bridgehead atoms. The molecule has 0 amide bonds. The predicted octanol–water partition coefficient (Wildman–Crippen LogP) is 12.9. The molecule has 3 rings (SSSR count). The Kier molecular flexibility index (Phi) is 43.6. The van der Waals surface area contributed by atoms with Crippen LogP contribution in [0.25, 0.3) is 0 Å². The third-order valence-corrected chi connectivity index (χ3v) is 6.75. The van der Waals surface area contributed by atoms with Gasteiger partial charge in [-0.2, -0.15) is 0 Å². The summed E-state index contributed by atoms with van der Waals surface area (Å²) in [6, 6.07) is 0. The highest BCUT2D eigenvalue weighted by atomic mass is 14.3. The fourth-order valence-electron chi connectivity index (χ4n) is 5.49. The third-order valence-electron chi connectivity index (χ3n) is 6.75. The zero-order chi connectivity index (χ0) is 25.6. The Labute approximate surface area is 209 Å². The first-order valence-electron chi connectivity index (χ1n) is 15.9. The Morgan fingerprint density at radius 3 is 0.688 bits per heavy atom.